The van der Waals surface area contributed by atoms with Gasteiger partial charge in [0, 0.05) is 11.4 Å². The van der Waals surface area contributed by atoms with E-state index in [0.717, 1.165) is 16.8 Å². The van der Waals surface area contributed by atoms with E-state index in [1.54, 1.807) is 11.0 Å². The number of fused-ring (bicyclic) bond motifs is 1. The second-order valence-corrected chi connectivity index (χ2v) is 4.56. The predicted molar refractivity (Wildman–Crippen MR) is 72.5 cm³/mol. The van der Waals surface area contributed by atoms with Crippen molar-refractivity contribution in [2.45, 2.75) is 13.5 Å². The summed E-state index contributed by atoms with van der Waals surface area (Å²) in [5.74, 6) is -0.00241. The molecule has 1 aliphatic heterocycles. The van der Waals surface area contributed by atoms with Crippen molar-refractivity contribution in [2.75, 3.05) is 10.6 Å². The number of nitrogen functional groups attached to an aromatic ring is 1. The van der Waals surface area contributed by atoms with Crippen LogP contribution in [0, 0.1) is 6.92 Å². The number of hydrogen-bond donors (Lipinski definition) is 1. The highest BCUT2D eigenvalue weighted by atomic mass is 16.2. The third-order valence-corrected chi connectivity index (χ3v) is 3.38. The van der Waals surface area contributed by atoms with Crippen LogP contribution in [0.2, 0.25) is 0 Å². The molecule has 0 fully saturated rings. The Kier molecular flexibility index (Phi) is 2.33. The number of para-hydroxylation sites is 1. The minimum Gasteiger partial charge on any atom is -0.398 e. The smallest absolute Gasteiger partial charge is 0.261 e. The highest BCUT2D eigenvalue weighted by molar-refractivity contribution is 6.13. The standard InChI is InChI=1S/C15H14N2O/c1-10-5-2-3-8-13(10)17-9-11-6-4-7-12(16)14(11)15(17)18/h2-8H,9,16H2,1H3. The predicted octanol–water partition coefficient (Wildman–Crippen LogP) is 2.74. The molecule has 18 heavy (non-hydrogen) atoms. The molecule has 0 saturated carbocycles. The molecule has 2 aromatic carbocycles. The fraction of sp³-hybridized carbons (Fsp3) is 0.133. The first-order chi connectivity index (χ1) is 8.68. The maximum absolute atomic E-state index is 12.4. The molecule has 0 radical (unpaired) electrons. The number of benzene rings is 2. The quantitative estimate of drug-likeness (QED) is 0.776. The molecule has 0 atom stereocenters. The number of hydrogen-bond acceptors (Lipinski definition) is 2. The first-order valence-electron chi connectivity index (χ1n) is 5.93. The molecule has 2 N–H and O–H groups in total. The van der Waals surface area contributed by atoms with Crippen molar-refractivity contribution in [3.8, 4) is 0 Å². The molecule has 0 aliphatic carbocycles. The second-order valence-electron chi connectivity index (χ2n) is 4.56. The molecule has 3 nitrogen and oxygen atoms in total. The zero-order valence-electron chi connectivity index (χ0n) is 10.2. The van der Waals surface area contributed by atoms with Gasteiger partial charge >= 0.3 is 0 Å². The van der Waals surface area contributed by atoms with E-state index in [-0.39, 0.29) is 5.91 Å². The van der Waals surface area contributed by atoms with Gasteiger partial charge in [0.25, 0.3) is 5.91 Å². The number of carbonyl (C=O) groups is 1. The second kappa shape index (κ2) is 3.88. The molecule has 0 bridgehead atoms. The summed E-state index contributed by atoms with van der Waals surface area (Å²) in [5, 5.41) is 0. The lowest BCUT2D eigenvalue weighted by molar-refractivity contribution is 0.0997. The van der Waals surface area contributed by atoms with Crippen LogP contribution in [0.15, 0.2) is 42.5 Å². The van der Waals surface area contributed by atoms with E-state index >= 15 is 0 Å². The van der Waals surface area contributed by atoms with E-state index < -0.39 is 0 Å². The summed E-state index contributed by atoms with van der Waals surface area (Å²) >= 11 is 0. The molecule has 2 aromatic rings. The van der Waals surface area contributed by atoms with E-state index in [2.05, 4.69) is 0 Å². The van der Waals surface area contributed by atoms with Crippen LogP contribution in [0.4, 0.5) is 11.4 Å². The Balaban J connectivity index is 2.08. The Hall–Kier alpha value is -2.29. The normalized spacial score (nSPS) is 13.8. The van der Waals surface area contributed by atoms with Gasteiger partial charge in [-0.3, -0.25) is 4.79 Å². The fourth-order valence-electron chi connectivity index (χ4n) is 2.45. The molecule has 1 heterocycles. The summed E-state index contributed by atoms with van der Waals surface area (Å²) in [6.07, 6.45) is 0. The molecule has 1 amide bonds. The van der Waals surface area contributed by atoms with Gasteiger partial charge in [-0.15, -0.1) is 0 Å². The minimum absolute atomic E-state index is 0.00241. The Morgan fingerprint density at radius 1 is 1.11 bits per heavy atom. The zero-order valence-corrected chi connectivity index (χ0v) is 10.2. The maximum atomic E-state index is 12.4. The van der Waals surface area contributed by atoms with Crippen molar-refractivity contribution in [1.82, 2.24) is 0 Å². The van der Waals surface area contributed by atoms with Crippen LogP contribution in [0.5, 0.6) is 0 Å². The summed E-state index contributed by atoms with van der Waals surface area (Å²) in [5.41, 5.74) is 10.2. The first-order valence-corrected chi connectivity index (χ1v) is 5.93. The van der Waals surface area contributed by atoms with Crippen molar-refractivity contribution >= 4 is 17.3 Å². The van der Waals surface area contributed by atoms with Gasteiger partial charge in [0.15, 0.2) is 0 Å². The van der Waals surface area contributed by atoms with Crippen LogP contribution in [0.1, 0.15) is 21.5 Å². The van der Waals surface area contributed by atoms with Crippen LogP contribution in [0.3, 0.4) is 0 Å². The molecule has 1 aliphatic rings. The Bertz CT molecular complexity index is 634. The summed E-state index contributed by atoms with van der Waals surface area (Å²) in [4.78, 5) is 14.2. The average Bonchev–Trinajstić information content (AvgIpc) is 2.69. The number of carbonyl (C=O) groups excluding carboxylic acids is 1. The van der Waals surface area contributed by atoms with Crippen LogP contribution in [-0.4, -0.2) is 5.91 Å². The number of aryl methyl sites for hydroxylation is 1. The molecule has 0 unspecified atom stereocenters. The summed E-state index contributed by atoms with van der Waals surface area (Å²) in [7, 11) is 0. The van der Waals surface area contributed by atoms with E-state index in [4.69, 9.17) is 5.73 Å². The van der Waals surface area contributed by atoms with Crippen molar-refractivity contribution in [2.24, 2.45) is 0 Å². The number of anilines is 2. The van der Waals surface area contributed by atoms with E-state index in [0.29, 0.717) is 17.8 Å². The number of rotatable bonds is 1. The van der Waals surface area contributed by atoms with Crippen LogP contribution in [0.25, 0.3) is 0 Å². The SMILES string of the molecule is Cc1ccccc1N1Cc2cccc(N)c2C1=O. The summed E-state index contributed by atoms with van der Waals surface area (Å²) < 4.78 is 0. The third-order valence-electron chi connectivity index (χ3n) is 3.38. The van der Waals surface area contributed by atoms with Crippen molar-refractivity contribution < 1.29 is 4.79 Å². The average molecular weight is 238 g/mol. The monoisotopic (exact) mass is 238 g/mol. The van der Waals surface area contributed by atoms with Gasteiger partial charge in [0.2, 0.25) is 0 Å². The van der Waals surface area contributed by atoms with Gasteiger partial charge < -0.3 is 10.6 Å². The molecular formula is C15H14N2O. The Morgan fingerprint density at radius 2 is 1.89 bits per heavy atom. The minimum atomic E-state index is -0.00241. The topological polar surface area (TPSA) is 46.3 Å². The highest BCUT2D eigenvalue weighted by Crippen LogP contribution is 2.32. The highest BCUT2D eigenvalue weighted by Gasteiger charge is 2.30. The summed E-state index contributed by atoms with van der Waals surface area (Å²) in [6.45, 7) is 2.61. The number of nitrogens with zero attached hydrogens (tertiary/aromatic N) is 1. The molecule has 3 heteroatoms. The number of amides is 1. The lowest BCUT2D eigenvalue weighted by Gasteiger charge is -2.18. The van der Waals surface area contributed by atoms with Crippen LogP contribution < -0.4 is 10.6 Å². The molecule has 3 rings (SSSR count). The lowest BCUT2D eigenvalue weighted by atomic mass is 10.1. The number of nitrogens with two attached hydrogens (primary N) is 1. The van der Waals surface area contributed by atoms with E-state index in [1.807, 2.05) is 43.3 Å². The summed E-state index contributed by atoms with van der Waals surface area (Å²) in [6, 6.07) is 13.5. The van der Waals surface area contributed by atoms with Crippen molar-refractivity contribution in [3.05, 3.63) is 59.2 Å². The van der Waals surface area contributed by atoms with E-state index in [9.17, 15) is 4.79 Å². The van der Waals surface area contributed by atoms with Crippen LogP contribution in [-0.2, 0) is 6.54 Å². The zero-order chi connectivity index (χ0) is 12.7. The molecule has 0 aromatic heterocycles. The van der Waals surface area contributed by atoms with Crippen molar-refractivity contribution in [1.29, 1.82) is 0 Å². The first kappa shape index (κ1) is 10.8. The Labute approximate surface area is 106 Å². The maximum Gasteiger partial charge on any atom is 0.261 e. The lowest BCUT2D eigenvalue weighted by Crippen LogP contribution is -2.24. The van der Waals surface area contributed by atoms with Gasteiger partial charge in [-0.1, -0.05) is 30.3 Å². The fourth-order valence-corrected chi connectivity index (χ4v) is 2.45. The van der Waals surface area contributed by atoms with Crippen molar-refractivity contribution in [3.63, 3.8) is 0 Å². The van der Waals surface area contributed by atoms with Gasteiger partial charge in [0.1, 0.15) is 0 Å². The largest absolute Gasteiger partial charge is 0.398 e. The molecular weight excluding hydrogens is 224 g/mol. The Morgan fingerprint density at radius 3 is 2.61 bits per heavy atom. The molecule has 0 saturated heterocycles. The molecule has 90 valence electrons. The van der Waals surface area contributed by atoms with Gasteiger partial charge in [-0.05, 0) is 30.2 Å². The molecule has 0 spiro atoms. The van der Waals surface area contributed by atoms with Crippen LogP contribution >= 0.6 is 0 Å². The third kappa shape index (κ3) is 1.48. The van der Waals surface area contributed by atoms with Gasteiger partial charge in [-0.25, -0.2) is 0 Å². The van der Waals surface area contributed by atoms with Gasteiger partial charge in [-0.2, -0.15) is 0 Å². The van der Waals surface area contributed by atoms with Gasteiger partial charge in [0.05, 0.1) is 12.1 Å². The van der Waals surface area contributed by atoms with E-state index in [1.165, 1.54) is 0 Å².